The average Bonchev–Trinajstić information content (AvgIpc) is 3.03. The molecule has 1 aliphatic heterocycles. The fourth-order valence-corrected chi connectivity index (χ4v) is 3.60. The van der Waals surface area contributed by atoms with Gasteiger partial charge in [0.2, 0.25) is 0 Å². The molecule has 1 fully saturated rings. The highest BCUT2D eigenvalue weighted by Crippen LogP contribution is 2.21. The topological polar surface area (TPSA) is 67.6 Å². The highest BCUT2D eigenvalue weighted by molar-refractivity contribution is 5.94. The summed E-state index contributed by atoms with van der Waals surface area (Å²) in [7, 11) is 0. The van der Waals surface area contributed by atoms with Crippen LogP contribution in [0.3, 0.4) is 0 Å². The van der Waals surface area contributed by atoms with E-state index in [1.54, 1.807) is 6.07 Å². The highest BCUT2D eigenvalue weighted by Gasteiger charge is 2.28. The Hall–Kier alpha value is -2.34. The number of hydrogen-bond donors (Lipinski definition) is 1. The van der Waals surface area contributed by atoms with E-state index in [2.05, 4.69) is 29.2 Å². The van der Waals surface area contributed by atoms with E-state index in [-0.39, 0.29) is 11.4 Å². The van der Waals surface area contributed by atoms with E-state index in [1.165, 1.54) is 19.3 Å². The third-order valence-electron chi connectivity index (χ3n) is 5.55. The van der Waals surface area contributed by atoms with Crippen molar-refractivity contribution < 1.29 is 14.1 Å². The van der Waals surface area contributed by atoms with Crippen molar-refractivity contribution in [3.05, 3.63) is 46.8 Å². The number of nitrogens with zero attached hydrogens (tertiary/aromatic N) is 2. The molecule has 0 saturated carbocycles. The van der Waals surface area contributed by atoms with Crippen LogP contribution in [0.2, 0.25) is 0 Å². The fourth-order valence-electron chi connectivity index (χ4n) is 3.60. The van der Waals surface area contributed by atoms with Gasteiger partial charge in [-0.15, -0.1) is 0 Å². The van der Waals surface area contributed by atoms with Gasteiger partial charge in [-0.1, -0.05) is 17.6 Å². The predicted octanol–water partition coefficient (Wildman–Crippen LogP) is 3.86. The molecule has 2 aromatic rings. The van der Waals surface area contributed by atoms with Crippen LogP contribution in [0.5, 0.6) is 5.75 Å². The van der Waals surface area contributed by atoms with Gasteiger partial charge in [0, 0.05) is 17.6 Å². The van der Waals surface area contributed by atoms with Crippen LogP contribution < -0.4 is 10.1 Å². The van der Waals surface area contributed by atoms with Gasteiger partial charge < -0.3 is 14.6 Å². The van der Waals surface area contributed by atoms with E-state index in [0.717, 1.165) is 30.1 Å². The minimum Gasteiger partial charge on any atom is -0.489 e. The SMILES string of the molecule is Cc1noc(C)c1COc1cccc(C(=O)NCC(C)(C)N2CCCCC2)c1. The third kappa shape index (κ3) is 4.93. The number of ether oxygens (including phenoxy) is 1. The molecule has 0 aliphatic carbocycles. The van der Waals surface area contributed by atoms with Crippen LogP contribution in [0.15, 0.2) is 28.8 Å². The first-order valence-corrected chi connectivity index (χ1v) is 10.0. The number of hydrogen-bond acceptors (Lipinski definition) is 5. The molecule has 3 rings (SSSR count). The number of carbonyl (C=O) groups excluding carboxylic acids is 1. The molecule has 1 aromatic carbocycles. The van der Waals surface area contributed by atoms with Gasteiger partial charge >= 0.3 is 0 Å². The minimum absolute atomic E-state index is 0.0481. The molecular weight excluding hydrogens is 354 g/mol. The summed E-state index contributed by atoms with van der Waals surface area (Å²) in [5.41, 5.74) is 2.32. The number of benzene rings is 1. The standard InChI is InChI=1S/C22H31N3O3/c1-16-20(17(2)28-24-16)14-27-19-10-8-9-18(13-19)21(26)23-15-22(3,4)25-11-6-5-7-12-25/h8-10,13H,5-7,11-12,14-15H2,1-4H3,(H,23,26). The number of carbonyl (C=O) groups is 1. The molecule has 2 heterocycles. The van der Waals surface area contributed by atoms with Gasteiger partial charge in [-0.2, -0.15) is 0 Å². The molecular formula is C22H31N3O3. The summed E-state index contributed by atoms with van der Waals surface area (Å²) < 4.78 is 11.0. The monoisotopic (exact) mass is 385 g/mol. The fraction of sp³-hybridized carbons (Fsp3) is 0.545. The molecule has 0 spiro atoms. The maximum absolute atomic E-state index is 12.7. The van der Waals surface area contributed by atoms with Gasteiger partial charge in [-0.25, -0.2) is 0 Å². The Kier molecular flexibility index (Phi) is 6.39. The first kappa shape index (κ1) is 20.4. The number of amides is 1. The predicted molar refractivity (Wildman–Crippen MR) is 109 cm³/mol. The zero-order chi connectivity index (χ0) is 20.1. The van der Waals surface area contributed by atoms with Crippen molar-refractivity contribution >= 4 is 5.91 Å². The van der Waals surface area contributed by atoms with Gasteiger partial charge in [0.1, 0.15) is 18.1 Å². The summed E-state index contributed by atoms with van der Waals surface area (Å²) in [6.45, 7) is 11.4. The molecule has 0 bridgehead atoms. The molecule has 6 nitrogen and oxygen atoms in total. The quantitative estimate of drug-likeness (QED) is 0.784. The second-order valence-electron chi connectivity index (χ2n) is 8.16. The van der Waals surface area contributed by atoms with Crippen LogP contribution in [0.25, 0.3) is 0 Å². The van der Waals surface area contributed by atoms with Crippen molar-refractivity contribution in [3.63, 3.8) is 0 Å². The third-order valence-corrected chi connectivity index (χ3v) is 5.55. The number of rotatable bonds is 7. The van der Waals surface area contributed by atoms with Crippen LogP contribution >= 0.6 is 0 Å². The van der Waals surface area contributed by atoms with Crippen molar-refractivity contribution in [3.8, 4) is 5.75 Å². The second-order valence-corrected chi connectivity index (χ2v) is 8.16. The Morgan fingerprint density at radius 2 is 2.00 bits per heavy atom. The summed E-state index contributed by atoms with van der Waals surface area (Å²) in [4.78, 5) is 15.1. The maximum Gasteiger partial charge on any atom is 0.251 e. The van der Waals surface area contributed by atoms with Crippen molar-refractivity contribution in [1.29, 1.82) is 0 Å². The van der Waals surface area contributed by atoms with Crippen LogP contribution in [-0.2, 0) is 6.61 Å². The molecule has 1 aromatic heterocycles. The van der Waals surface area contributed by atoms with E-state index in [4.69, 9.17) is 9.26 Å². The Balaban J connectivity index is 1.57. The van der Waals surface area contributed by atoms with E-state index >= 15 is 0 Å². The first-order chi connectivity index (χ1) is 13.4. The van der Waals surface area contributed by atoms with Crippen molar-refractivity contribution in [2.24, 2.45) is 0 Å². The van der Waals surface area contributed by atoms with Crippen LogP contribution in [-0.4, -0.2) is 41.1 Å². The molecule has 6 heteroatoms. The van der Waals surface area contributed by atoms with Crippen LogP contribution in [0.1, 0.15) is 60.5 Å². The lowest BCUT2D eigenvalue weighted by atomic mass is 9.98. The Morgan fingerprint density at radius 1 is 1.25 bits per heavy atom. The number of nitrogens with one attached hydrogen (secondary N) is 1. The normalized spacial score (nSPS) is 15.4. The lowest BCUT2D eigenvalue weighted by molar-refractivity contribution is 0.0797. The molecule has 28 heavy (non-hydrogen) atoms. The van der Waals surface area contributed by atoms with Gasteiger partial charge in [0.15, 0.2) is 0 Å². The van der Waals surface area contributed by atoms with Gasteiger partial charge in [-0.3, -0.25) is 9.69 Å². The minimum atomic E-state index is -0.0760. The average molecular weight is 386 g/mol. The second kappa shape index (κ2) is 8.78. The number of aromatic nitrogens is 1. The van der Waals surface area contributed by atoms with Gasteiger partial charge in [-0.05, 0) is 71.8 Å². The van der Waals surface area contributed by atoms with Crippen LogP contribution in [0, 0.1) is 13.8 Å². The zero-order valence-electron chi connectivity index (χ0n) is 17.4. The summed E-state index contributed by atoms with van der Waals surface area (Å²) in [5, 5.41) is 7.03. The van der Waals surface area contributed by atoms with Crippen LogP contribution in [0.4, 0.5) is 0 Å². The van der Waals surface area contributed by atoms with E-state index in [0.29, 0.717) is 24.5 Å². The number of piperidine rings is 1. The molecule has 0 unspecified atom stereocenters. The van der Waals surface area contributed by atoms with Crippen molar-refractivity contribution in [2.45, 2.75) is 59.1 Å². The Bertz CT molecular complexity index is 788. The molecule has 1 amide bonds. The molecule has 152 valence electrons. The molecule has 0 radical (unpaired) electrons. The number of likely N-dealkylation sites (tertiary alicyclic amines) is 1. The lowest BCUT2D eigenvalue weighted by Gasteiger charge is -2.41. The summed E-state index contributed by atoms with van der Waals surface area (Å²) in [6, 6.07) is 7.29. The largest absolute Gasteiger partial charge is 0.489 e. The van der Waals surface area contributed by atoms with Gasteiger partial charge in [0.05, 0.1) is 11.3 Å². The molecule has 1 saturated heterocycles. The molecule has 1 N–H and O–H groups in total. The summed E-state index contributed by atoms with van der Waals surface area (Å²) >= 11 is 0. The van der Waals surface area contributed by atoms with Gasteiger partial charge in [0.25, 0.3) is 5.91 Å². The van der Waals surface area contributed by atoms with Crippen molar-refractivity contribution in [1.82, 2.24) is 15.4 Å². The summed E-state index contributed by atoms with van der Waals surface area (Å²) in [5.74, 6) is 1.34. The number of aryl methyl sites for hydroxylation is 2. The van der Waals surface area contributed by atoms with E-state index < -0.39 is 0 Å². The Morgan fingerprint density at radius 3 is 2.68 bits per heavy atom. The smallest absolute Gasteiger partial charge is 0.251 e. The molecule has 1 aliphatic rings. The van der Waals surface area contributed by atoms with Crippen molar-refractivity contribution in [2.75, 3.05) is 19.6 Å². The highest BCUT2D eigenvalue weighted by atomic mass is 16.5. The summed E-state index contributed by atoms with van der Waals surface area (Å²) in [6.07, 6.45) is 3.78. The lowest BCUT2D eigenvalue weighted by Crippen LogP contribution is -2.53. The first-order valence-electron chi connectivity index (χ1n) is 10.0. The zero-order valence-corrected chi connectivity index (χ0v) is 17.4. The Labute approximate surface area is 167 Å². The molecule has 0 atom stereocenters. The van der Waals surface area contributed by atoms with E-state index in [9.17, 15) is 4.79 Å². The van der Waals surface area contributed by atoms with E-state index in [1.807, 2.05) is 32.0 Å². The maximum atomic E-state index is 12.7.